The van der Waals surface area contributed by atoms with Gasteiger partial charge in [-0.1, -0.05) is 12.1 Å². The van der Waals surface area contributed by atoms with Crippen LogP contribution >= 0.6 is 0 Å². The molecule has 5 aromatic rings. The van der Waals surface area contributed by atoms with Gasteiger partial charge in [0.2, 0.25) is 0 Å². The number of fused-ring (bicyclic) bond motifs is 2. The highest BCUT2D eigenvalue weighted by Crippen LogP contribution is 2.40. The van der Waals surface area contributed by atoms with Crippen molar-refractivity contribution in [3.05, 3.63) is 118 Å². The standard InChI is InChI=1S/C30H20O7/c31-18-7-5-17(6-8-18)28-15-25(33)22-11-9-20(14-29(22)37-28)35-19-10-12-27-23(13-19)26(34)16-30(36-27)21-3-1-2-4-24(21)32/h1-16,25,31-33H. The molecule has 6 rings (SSSR count). The minimum atomic E-state index is -0.870. The summed E-state index contributed by atoms with van der Waals surface area (Å²) in [6.07, 6.45) is 0.728. The van der Waals surface area contributed by atoms with Crippen molar-refractivity contribution in [2.75, 3.05) is 0 Å². The number of phenols is 2. The van der Waals surface area contributed by atoms with E-state index >= 15 is 0 Å². The van der Waals surface area contributed by atoms with Gasteiger partial charge in [-0.2, -0.15) is 0 Å². The van der Waals surface area contributed by atoms with Crippen molar-refractivity contribution >= 4 is 16.7 Å². The second kappa shape index (κ2) is 8.89. The van der Waals surface area contributed by atoms with Crippen LogP contribution in [0.2, 0.25) is 0 Å². The Morgan fingerprint density at radius 2 is 1.57 bits per heavy atom. The molecule has 0 bridgehead atoms. The van der Waals surface area contributed by atoms with Crippen molar-refractivity contribution in [2.45, 2.75) is 6.10 Å². The minimum absolute atomic E-state index is 0.0214. The molecule has 1 unspecified atom stereocenters. The van der Waals surface area contributed by atoms with Crippen LogP contribution in [0.25, 0.3) is 28.1 Å². The largest absolute Gasteiger partial charge is 0.508 e. The maximum absolute atomic E-state index is 12.8. The van der Waals surface area contributed by atoms with Gasteiger partial charge in [0.1, 0.15) is 52.0 Å². The van der Waals surface area contributed by atoms with Crippen molar-refractivity contribution in [2.24, 2.45) is 0 Å². The fourth-order valence-electron chi connectivity index (χ4n) is 4.23. The zero-order valence-corrected chi connectivity index (χ0v) is 19.3. The topological polar surface area (TPSA) is 109 Å². The van der Waals surface area contributed by atoms with E-state index in [0.29, 0.717) is 50.7 Å². The Hall–Kier alpha value is -5.01. The Kier molecular flexibility index (Phi) is 5.40. The van der Waals surface area contributed by atoms with Crippen LogP contribution in [-0.4, -0.2) is 15.3 Å². The second-order valence-electron chi connectivity index (χ2n) is 8.58. The first kappa shape index (κ1) is 22.5. The van der Waals surface area contributed by atoms with E-state index in [4.69, 9.17) is 13.9 Å². The van der Waals surface area contributed by atoms with Gasteiger partial charge >= 0.3 is 0 Å². The number of aliphatic hydroxyl groups is 1. The fourth-order valence-corrected chi connectivity index (χ4v) is 4.23. The van der Waals surface area contributed by atoms with E-state index in [1.54, 1.807) is 84.9 Å². The van der Waals surface area contributed by atoms with Crippen molar-refractivity contribution in [3.8, 4) is 40.1 Å². The van der Waals surface area contributed by atoms with Gasteiger partial charge in [0.05, 0.1) is 10.9 Å². The summed E-state index contributed by atoms with van der Waals surface area (Å²) < 4.78 is 17.9. The molecule has 0 aliphatic carbocycles. The molecule has 2 heterocycles. The third-order valence-electron chi connectivity index (χ3n) is 6.09. The number of para-hydroxylation sites is 1. The third kappa shape index (κ3) is 4.28. The average Bonchev–Trinajstić information content (AvgIpc) is 2.89. The van der Waals surface area contributed by atoms with Crippen molar-refractivity contribution < 1.29 is 29.2 Å². The molecule has 7 nitrogen and oxygen atoms in total. The fraction of sp³-hybridized carbons (Fsp3) is 0.0333. The summed E-state index contributed by atoms with van der Waals surface area (Å²) in [7, 11) is 0. The summed E-state index contributed by atoms with van der Waals surface area (Å²) >= 11 is 0. The molecule has 1 atom stereocenters. The van der Waals surface area contributed by atoms with Crippen LogP contribution < -0.4 is 14.9 Å². The Labute approximate surface area is 210 Å². The molecule has 1 aromatic heterocycles. The van der Waals surface area contributed by atoms with Crippen LogP contribution in [0.3, 0.4) is 0 Å². The predicted octanol–water partition coefficient (Wildman–Crippen LogP) is 6.13. The Morgan fingerprint density at radius 1 is 0.811 bits per heavy atom. The Morgan fingerprint density at radius 3 is 2.38 bits per heavy atom. The zero-order chi connectivity index (χ0) is 25.5. The van der Waals surface area contributed by atoms with E-state index in [9.17, 15) is 20.1 Å². The molecular weight excluding hydrogens is 472 g/mol. The van der Waals surface area contributed by atoms with E-state index in [0.717, 1.165) is 0 Å². The quantitative estimate of drug-likeness (QED) is 0.277. The summed E-state index contributed by atoms with van der Waals surface area (Å²) in [6, 6.07) is 24.5. The van der Waals surface area contributed by atoms with Crippen LogP contribution in [0, 0.1) is 0 Å². The number of benzene rings is 4. The van der Waals surface area contributed by atoms with Crippen molar-refractivity contribution in [1.82, 2.24) is 0 Å². The second-order valence-corrected chi connectivity index (χ2v) is 8.58. The van der Waals surface area contributed by atoms with Gasteiger partial charge in [-0.25, -0.2) is 0 Å². The summed E-state index contributed by atoms with van der Waals surface area (Å²) in [5, 5.41) is 30.6. The maximum Gasteiger partial charge on any atom is 0.193 e. The van der Waals surface area contributed by atoms with Gasteiger partial charge in [-0.3, -0.25) is 4.79 Å². The molecule has 7 heteroatoms. The number of aliphatic hydroxyl groups excluding tert-OH is 1. The molecule has 37 heavy (non-hydrogen) atoms. The summed E-state index contributed by atoms with van der Waals surface area (Å²) in [6.45, 7) is 0. The number of aromatic hydroxyl groups is 2. The first-order chi connectivity index (χ1) is 17.9. The molecule has 4 aromatic carbocycles. The predicted molar refractivity (Wildman–Crippen MR) is 138 cm³/mol. The highest BCUT2D eigenvalue weighted by Gasteiger charge is 2.22. The normalized spacial score (nSPS) is 14.5. The highest BCUT2D eigenvalue weighted by atomic mass is 16.5. The van der Waals surface area contributed by atoms with E-state index < -0.39 is 6.10 Å². The number of phenolic OH excluding ortho intramolecular Hbond substituents is 2. The lowest BCUT2D eigenvalue weighted by Gasteiger charge is -2.22. The van der Waals surface area contributed by atoms with Crippen LogP contribution in [0.4, 0.5) is 0 Å². The lowest BCUT2D eigenvalue weighted by molar-refractivity contribution is 0.217. The first-order valence-corrected chi connectivity index (χ1v) is 11.5. The van der Waals surface area contributed by atoms with E-state index in [2.05, 4.69) is 0 Å². The van der Waals surface area contributed by atoms with Crippen LogP contribution in [-0.2, 0) is 0 Å². The monoisotopic (exact) mass is 492 g/mol. The lowest BCUT2D eigenvalue weighted by Crippen LogP contribution is -2.08. The third-order valence-corrected chi connectivity index (χ3v) is 6.09. The summed E-state index contributed by atoms with van der Waals surface area (Å²) in [5.41, 5.74) is 1.81. The molecule has 0 saturated heterocycles. The number of hydrogen-bond acceptors (Lipinski definition) is 7. The van der Waals surface area contributed by atoms with Crippen LogP contribution in [0.15, 0.2) is 106 Å². The molecule has 1 aliphatic heterocycles. The van der Waals surface area contributed by atoms with Gasteiger partial charge in [0.15, 0.2) is 5.43 Å². The number of rotatable bonds is 4. The molecular formula is C30H20O7. The van der Waals surface area contributed by atoms with Gasteiger partial charge in [0.25, 0.3) is 0 Å². The maximum atomic E-state index is 12.8. The van der Waals surface area contributed by atoms with Gasteiger partial charge < -0.3 is 29.2 Å². The highest BCUT2D eigenvalue weighted by molar-refractivity contribution is 5.81. The summed E-state index contributed by atoms with van der Waals surface area (Å²) in [4.78, 5) is 12.8. The lowest BCUT2D eigenvalue weighted by atomic mass is 10.0. The molecule has 0 amide bonds. The molecule has 0 fully saturated rings. The van der Waals surface area contributed by atoms with Gasteiger partial charge in [-0.15, -0.1) is 0 Å². The van der Waals surface area contributed by atoms with Crippen molar-refractivity contribution in [1.29, 1.82) is 0 Å². The minimum Gasteiger partial charge on any atom is -0.508 e. The van der Waals surface area contributed by atoms with Crippen molar-refractivity contribution in [3.63, 3.8) is 0 Å². The number of ether oxygens (including phenoxy) is 2. The Bertz CT molecular complexity index is 1730. The molecule has 3 N–H and O–H groups in total. The van der Waals surface area contributed by atoms with E-state index in [-0.39, 0.29) is 22.7 Å². The van der Waals surface area contributed by atoms with Gasteiger partial charge in [0, 0.05) is 23.3 Å². The SMILES string of the molecule is O=c1cc(-c2ccccc2O)oc2ccc(Oc3ccc4c(c3)OC(c3ccc(O)cc3)=CC4O)cc12. The average molecular weight is 492 g/mol. The Balaban J connectivity index is 1.29. The molecule has 0 radical (unpaired) electrons. The van der Waals surface area contributed by atoms with Gasteiger partial charge in [-0.05, 0) is 72.8 Å². The molecule has 0 saturated carbocycles. The zero-order valence-electron chi connectivity index (χ0n) is 19.3. The molecule has 0 spiro atoms. The van der Waals surface area contributed by atoms with Crippen LogP contribution in [0.1, 0.15) is 17.2 Å². The first-order valence-electron chi connectivity index (χ1n) is 11.5. The van der Waals surface area contributed by atoms with E-state index in [1.807, 2.05) is 0 Å². The van der Waals surface area contributed by atoms with Crippen LogP contribution in [0.5, 0.6) is 28.7 Å². The molecule has 1 aliphatic rings. The summed E-state index contributed by atoms with van der Waals surface area (Å²) in [5.74, 6) is 2.19. The molecule has 182 valence electrons. The smallest absolute Gasteiger partial charge is 0.193 e. The van der Waals surface area contributed by atoms with E-state index in [1.165, 1.54) is 12.1 Å². The number of hydrogen-bond donors (Lipinski definition) is 3.